The number of halogens is 2. The van der Waals surface area contributed by atoms with Crippen LogP contribution in [0.5, 0.6) is 0 Å². The molecule has 0 amide bonds. The van der Waals surface area contributed by atoms with Crippen molar-refractivity contribution < 1.29 is 8.78 Å². The minimum atomic E-state index is -2.43. The molecule has 1 N–H and O–H groups in total. The Bertz CT molecular complexity index is 421. The van der Waals surface area contributed by atoms with Gasteiger partial charge in [0.2, 0.25) is 5.92 Å². The zero-order chi connectivity index (χ0) is 14.6. The number of aryl methyl sites for hydroxylation is 1. The van der Waals surface area contributed by atoms with E-state index in [0.29, 0.717) is 24.8 Å². The third kappa shape index (κ3) is 4.02. The van der Waals surface area contributed by atoms with E-state index < -0.39 is 5.92 Å². The van der Waals surface area contributed by atoms with E-state index in [9.17, 15) is 8.78 Å². The Balaban J connectivity index is 2.02. The number of rotatable bonds is 5. The molecule has 0 aliphatic heterocycles. The van der Waals surface area contributed by atoms with E-state index in [4.69, 9.17) is 0 Å². The van der Waals surface area contributed by atoms with Gasteiger partial charge < -0.3 is 5.32 Å². The van der Waals surface area contributed by atoms with Crippen molar-refractivity contribution in [1.82, 2.24) is 5.32 Å². The first-order valence-corrected chi connectivity index (χ1v) is 7.67. The number of alkyl halides is 2. The van der Waals surface area contributed by atoms with Crippen LogP contribution in [0.3, 0.4) is 0 Å². The summed E-state index contributed by atoms with van der Waals surface area (Å²) >= 11 is 0. The van der Waals surface area contributed by atoms with E-state index in [1.807, 2.05) is 6.07 Å². The largest absolute Gasteiger partial charge is 0.314 e. The lowest BCUT2D eigenvalue weighted by atomic mass is 9.79. The summed E-state index contributed by atoms with van der Waals surface area (Å²) < 4.78 is 26.6. The van der Waals surface area contributed by atoms with E-state index in [-0.39, 0.29) is 12.8 Å². The molecule has 112 valence electrons. The summed E-state index contributed by atoms with van der Waals surface area (Å²) in [6.07, 6.45) is 2.31. The maximum absolute atomic E-state index is 13.3. The van der Waals surface area contributed by atoms with Crippen LogP contribution >= 0.6 is 0 Å². The Morgan fingerprint density at radius 3 is 2.50 bits per heavy atom. The summed E-state index contributed by atoms with van der Waals surface area (Å²) in [6.45, 7) is 5.10. The molecule has 0 bridgehead atoms. The Kier molecular flexibility index (Phi) is 5.14. The number of hydrogen-bond donors (Lipinski definition) is 1. The van der Waals surface area contributed by atoms with Crippen molar-refractivity contribution in [3.8, 4) is 0 Å². The second-order valence-electron chi connectivity index (χ2n) is 5.99. The Labute approximate surface area is 120 Å². The Morgan fingerprint density at radius 2 is 1.90 bits per heavy atom. The lowest BCUT2D eigenvalue weighted by molar-refractivity contribution is -0.0494. The van der Waals surface area contributed by atoms with Crippen molar-refractivity contribution in [2.24, 2.45) is 5.92 Å². The van der Waals surface area contributed by atoms with Crippen LogP contribution in [0.15, 0.2) is 24.3 Å². The molecule has 0 saturated heterocycles. The van der Waals surface area contributed by atoms with Crippen molar-refractivity contribution in [2.45, 2.75) is 57.9 Å². The highest BCUT2D eigenvalue weighted by atomic mass is 19.3. The van der Waals surface area contributed by atoms with E-state index in [2.05, 4.69) is 37.4 Å². The lowest BCUT2D eigenvalue weighted by Crippen LogP contribution is -2.41. The van der Waals surface area contributed by atoms with Gasteiger partial charge in [-0.1, -0.05) is 31.2 Å². The number of nitrogens with one attached hydrogen (secondary N) is 1. The molecular weight excluding hydrogens is 256 g/mol. The van der Waals surface area contributed by atoms with Crippen LogP contribution in [0.1, 0.15) is 43.7 Å². The monoisotopic (exact) mass is 281 g/mol. The molecule has 0 heterocycles. The maximum Gasteiger partial charge on any atom is 0.248 e. The zero-order valence-corrected chi connectivity index (χ0v) is 12.5. The van der Waals surface area contributed by atoms with Crippen molar-refractivity contribution in [2.75, 3.05) is 6.54 Å². The first-order valence-electron chi connectivity index (χ1n) is 7.67. The van der Waals surface area contributed by atoms with Crippen LogP contribution in [0, 0.1) is 12.8 Å². The molecule has 1 saturated carbocycles. The minimum Gasteiger partial charge on any atom is -0.314 e. The highest BCUT2D eigenvalue weighted by Crippen LogP contribution is 2.38. The first-order chi connectivity index (χ1) is 9.52. The minimum absolute atomic E-state index is 0.0489. The van der Waals surface area contributed by atoms with Gasteiger partial charge in [0, 0.05) is 18.9 Å². The quantitative estimate of drug-likeness (QED) is 0.846. The average molecular weight is 281 g/mol. The zero-order valence-electron chi connectivity index (χ0n) is 12.5. The Hall–Kier alpha value is -0.960. The fourth-order valence-corrected chi connectivity index (χ4v) is 3.21. The van der Waals surface area contributed by atoms with Crippen LogP contribution in [-0.4, -0.2) is 18.5 Å². The molecule has 1 nitrogen and oxygen atoms in total. The molecule has 1 unspecified atom stereocenters. The van der Waals surface area contributed by atoms with Gasteiger partial charge in [-0.3, -0.25) is 0 Å². The smallest absolute Gasteiger partial charge is 0.248 e. The summed E-state index contributed by atoms with van der Waals surface area (Å²) in [4.78, 5) is 0. The number of benzene rings is 1. The number of hydrogen-bond acceptors (Lipinski definition) is 1. The normalized spacial score (nSPS) is 20.8. The van der Waals surface area contributed by atoms with Crippen LogP contribution in [0.25, 0.3) is 0 Å². The van der Waals surface area contributed by atoms with E-state index in [0.717, 1.165) is 13.0 Å². The summed E-state index contributed by atoms with van der Waals surface area (Å²) in [5.41, 5.74) is 2.62. The molecule has 3 heteroatoms. The van der Waals surface area contributed by atoms with Crippen LogP contribution in [-0.2, 0) is 6.42 Å². The van der Waals surface area contributed by atoms with Crippen LogP contribution in [0.2, 0.25) is 0 Å². The van der Waals surface area contributed by atoms with Crippen molar-refractivity contribution in [3.63, 3.8) is 0 Å². The topological polar surface area (TPSA) is 12.0 Å². The molecule has 20 heavy (non-hydrogen) atoms. The molecule has 1 aromatic rings. The maximum atomic E-state index is 13.3. The number of likely N-dealkylation sites (N-methyl/N-ethyl adjacent to an activating group) is 1. The summed E-state index contributed by atoms with van der Waals surface area (Å²) in [5, 5.41) is 3.51. The predicted molar refractivity (Wildman–Crippen MR) is 79.3 cm³/mol. The van der Waals surface area contributed by atoms with Gasteiger partial charge in [-0.25, -0.2) is 8.78 Å². The molecule has 0 aromatic heterocycles. The van der Waals surface area contributed by atoms with Crippen LogP contribution < -0.4 is 5.32 Å². The average Bonchev–Trinajstić information content (AvgIpc) is 2.41. The molecule has 1 fully saturated rings. The molecule has 2 rings (SSSR count). The van der Waals surface area contributed by atoms with Gasteiger partial charge in [0.05, 0.1) is 0 Å². The lowest BCUT2D eigenvalue weighted by Gasteiger charge is -2.34. The van der Waals surface area contributed by atoms with Gasteiger partial charge in [0.15, 0.2) is 0 Å². The van der Waals surface area contributed by atoms with Gasteiger partial charge in [0.1, 0.15) is 0 Å². The summed E-state index contributed by atoms with van der Waals surface area (Å²) in [6, 6.07) is 8.68. The SMILES string of the molecule is CCNC(Cc1ccccc1C)C1CCC(F)(F)CC1. The fourth-order valence-electron chi connectivity index (χ4n) is 3.21. The van der Waals surface area contributed by atoms with Crippen molar-refractivity contribution >= 4 is 0 Å². The predicted octanol–water partition coefficient (Wildman–Crippen LogP) is 4.34. The van der Waals surface area contributed by atoms with Gasteiger partial charge >= 0.3 is 0 Å². The third-order valence-electron chi connectivity index (χ3n) is 4.50. The second-order valence-corrected chi connectivity index (χ2v) is 5.99. The van der Waals surface area contributed by atoms with Gasteiger partial charge in [-0.2, -0.15) is 0 Å². The van der Waals surface area contributed by atoms with Gasteiger partial charge in [0.25, 0.3) is 0 Å². The summed E-state index contributed by atoms with van der Waals surface area (Å²) in [5.74, 6) is -2.06. The molecule has 0 spiro atoms. The molecule has 1 atom stereocenters. The van der Waals surface area contributed by atoms with Gasteiger partial charge in [-0.15, -0.1) is 0 Å². The molecular formula is C17H25F2N. The highest BCUT2D eigenvalue weighted by molar-refractivity contribution is 5.26. The van der Waals surface area contributed by atoms with Crippen molar-refractivity contribution in [3.05, 3.63) is 35.4 Å². The van der Waals surface area contributed by atoms with E-state index in [1.165, 1.54) is 11.1 Å². The fraction of sp³-hybridized carbons (Fsp3) is 0.647. The highest BCUT2D eigenvalue weighted by Gasteiger charge is 2.37. The molecule has 1 aliphatic carbocycles. The van der Waals surface area contributed by atoms with E-state index >= 15 is 0 Å². The molecule has 0 radical (unpaired) electrons. The molecule has 1 aliphatic rings. The van der Waals surface area contributed by atoms with Crippen LogP contribution in [0.4, 0.5) is 8.78 Å². The Morgan fingerprint density at radius 1 is 1.25 bits per heavy atom. The molecule has 1 aromatic carbocycles. The first kappa shape index (κ1) is 15.4. The summed E-state index contributed by atoms with van der Waals surface area (Å²) in [7, 11) is 0. The standard InChI is InChI=1S/C17H25F2N/c1-3-20-16(12-15-7-5-4-6-13(15)2)14-8-10-17(18,19)11-9-14/h4-7,14,16,20H,3,8-12H2,1-2H3. The van der Waals surface area contributed by atoms with Gasteiger partial charge in [-0.05, 0) is 49.8 Å². The third-order valence-corrected chi connectivity index (χ3v) is 4.50. The van der Waals surface area contributed by atoms with E-state index in [1.54, 1.807) is 0 Å². The second kappa shape index (κ2) is 6.66. The van der Waals surface area contributed by atoms with Crippen molar-refractivity contribution in [1.29, 1.82) is 0 Å².